The third kappa shape index (κ3) is 2.06. The fourth-order valence-electron chi connectivity index (χ4n) is 0.873. The van der Waals surface area contributed by atoms with Crippen LogP contribution in [0.1, 0.15) is 26.2 Å². The Kier molecular flexibility index (Phi) is 2.58. The second-order valence-corrected chi connectivity index (χ2v) is 2.28. The second kappa shape index (κ2) is 3.51. The standard InChI is InChI=1S/C7H13NO/c1-2-3-4-7-5-6-8-9-7/h5-8H,2-4H2,1H3. The SMILES string of the molecule is CCCCC1C=CNO1. The van der Waals surface area contributed by atoms with Crippen molar-refractivity contribution in [2.45, 2.75) is 32.3 Å². The van der Waals surface area contributed by atoms with Crippen LogP contribution in [-0.2, 0) is 4.84 Å². The molecule has 0 spiro atoms. The van der Waals surface area contributed by atoms with E-state index in [4.69, 9.17) is 4.84 Å². The van der Waals surface area contributed by atoms with Crippen molar-refractivity contribution in [1.82, 2.24) is 5.48 Å². The maximum absolute atomic E-state index is 5.09. The number of rotatable bonds is 3. The average Bonchev–Trinajstić information content (AvgIpc) is 2.34. The summed E-state index contributed by atoms with van der Waals surface area (Å²) in [5, 5.41) is 0. The van der Waals surface area contributed by atoms with Crippen LogP contribution in [0.2, 0.25) is 0 Å². The molecule has 0 aromatic carbocycles. The van der Waals surface area contributed by atoms with Gasteiger partial charge in [0.15, 0.2) is 0 Å². The van der Waals surface area contributed by atoms with Crippen LogP contribution in [0.4, 0.5) is 0 Å². The van der Waals surface area contributed by atoms with E-state index in [2.05, 4.69) is 18.5 Å². The van der Waals surface area contributed by atoms with Gasteiger partial charge in [0.05, 0.1) is 0 Å². The lowest BCUT2D eigenvalue weighted by molar-refractivity contribution is 0.0417. The number of nitrogens with one attached hydrogen (secondary N) is 1. The Hall–Kier alpha value is -0.500. The topological polar surface area (TPSA) is 21.3 Å². The van der Waals surface area contributed by atoms with E-state index in [0.29, 0.717) is 6.10 Å². The molecule has 1 aliphatic rings. The molecule has 9 heavy (non-hydrogen) atoms. The van der Waals surface area contributed by atoms with Crippen molar-refractivity contribution in [3.63, 3.8) is 0 Å². The molecule has 1 rings (SSSR count). The van der Waals surface area contributed by atoms with Gasteiger partial charge in [-0.15, -0.1) is 0 Å². The zero-order valence-electron chi connectivity index (χ0n) is 5.76. The predicted molar refractivity (Wildman–Crippen MR) is 36.7 cm³/mol. The van der Waals surface area contributed by atoms with Gasteiger partial charge in [-0.3, -0.25) is 10.3 Å². The molecular weight excluding hydrogens is 114 g/mol. The summed E-state index contributed by atoms with van der Waals surface area (Å²) in [6.45, 7) is 2.19. The average molecular weight is 127 g/mol. The Labute approximate surface area is 55.9 Å². The van der Waals surface area contributed by atoms with E-state index in [1.165, 1.54) is 12.8 Å². The molecule has 2 nitrogen and oxygen atoms in total. The minimum absolute atomic E-state index is 0.324. The Balaban J connectivity index is 2.05. The highest BCUT2D eigenvalue weighted by molar-refractivity contribution is 4.90. The second-order valence-electron chi connectivity index (χ2n) is 2.28. The molecule has 0 radical (unpaired) electrons. The normalized spacial score (nSPS) is 24.3. The maximum Gasteiger partial charge on any atom is 0.105 e. The van der Waals surface area contributed by atoms with Crippen molar-refractivity contribution in [3.8, 4) is 0 Å². The van der Waals surface area contributed by atoms with Gasteiger partial charge in [-0.2, -0.15) is 0 Å². The molecule has 0 saturated carbocycles. The van der Waals surface area contributed by atoms with E-state index in [9.17, 15) is 0 Å². The van der Waals surface area contributed by atoms with Gasteiger partial charge in [0, 0.05) is 6.20 Å². The van der Waals surface area contributed by atoms with Gasteiger partial charge < -0.3 is 0 Å². The lowest BCUT2D eigenvalue weighted by Crippen LogP contribution is -2.09. The quantitative estimate of drug-likeness (QED) is 0.621. The van der Waals surface area contributed by atoms with Crippen molar-refractivity contribution in [2.24, 2.45) is 0 Å². The summed E-state index contributed by atoms with van der Waals surface area (Å²) in [4.78, 5) is 5.09. The van der Waals surface area contributed by atoms with E-state index in [1.807, 2.05) is 6.20 Å². The fourth-order valence-corrected chi connectivity index (χ4v) is 0.873. The van der Waals surface area contributed by atoms with Crippen LogP contribution in [0, 0.1) is 0 Å². The molecule has 1 heterocycles. The lowest BCUT2D eigenvalue weighted by Gasteiger charge is -2.04. The minimum atomic E-state index is 0.324. The van der Waals surface area contributed by atoms with Crippen LogP contribution >= 0.6 is 0 Å². The highest BCUT2D eigenvalue weighted by Gasteiger charge is 2.07. The highest BCUT2D eigenvalue weighted by atomic mass is 16.7. The van der Waals surface area contributed by atoms with Crippen molar-refractivity contribution < 1.29 is 4.84 Å². The van der Waals surface area contributed by atoms with Crippen molar-refractivity contribution in [2.75, 3.05) is 0 Å². The molecule has 0 aliphatic carbocycles. The molecule has 0 saturated heterocycles. The molecule has 2 heteroatoms. The van der Waals surface area contributed by atoms with Crippen LogP contribution in [0.3, 0.4) is 0 Å². The number of hydroxylamine groups is 1. The van der Waals surface area contributed by atoms with Gasteiger partial charge >= 0.3 is 0 Å². The van der Waals surface area contributed by atoms with Crippen LogP contribution in [0.15, 0.2) is 12.3 Å². The molecule has 1 N–H and O–H groups in total. The zero-order valence-corrected chi connectivity index (χ0v) is 5.76. The van der Waals surface area contributed by atoms with Gasteiger partial charge in [-0.25, -0.2) is 0 Å². The summed E-state index contributed by atoms with van der Waals surface area (Å²) >= 11 is 0. The first-order valence-electron chi connectivity index (χ1n) is 3.51. The molecule has 0 bridgehead atoms. The molecule has 0 fully saturated rings. The van der Waals surface area contributed by atoms with Gasteiger partial charge in [0.1, 0.15) is 6.10 Å². The van der Waals surface area contributed by atoms with Crippen LogP contribution in [0.5, 0.6) is 0 Å². The Morgan fingerprint density at radius 3 is 3.11 bits per heavy atom. The Morgan fingerprint density at radius 1 is 1.67 bits per heavy atom. The van der Waals surface area contributed by atoms with Gasteiger partial charge in [-0.05, 0) is 12.5 Å². The summed E-state index contributed by atoms with van der Waals surface area (Å²) in [5.41, 5.74) is 2.70. The Morgan fingerprint density at radius 2 is 2.56 bits per heavy atom. The van der Waals surface area contributed by atoms with Crippen molar-refractivity contribution in [3.05, 3.63) is 12.3 Å². The van der Waals surface area contributed by atoms with Crippen LogP contribution < -0.4 is 5.48 Å². The van der Waals surface area contributed by atoms with E-state index in [-0.39, 0.29) is 0 Å². The predicted octanol–water partition coefficient (Wildman–Crippen LogP) is 1.59. The first-order valence-corrected chi connectivity index (χ1v) is 3.51. The monoisotopic (exact) mass is 127 g/mol. The third-order valence-electron chi connectivity index (χ3n) is 1.44. The molecular formula is C7H13NO. The number of unbranched alkanes of at least 4 members (excludes halogenated alkanes) is 1. The minimum Gasteiger partial charge on any atom is -0.274 e. The number of hydrogen-bond donors (Lipinski definition) is 1. The van der Waals surface area contributed by atoms with E-state index >= 15 is 0 Å². The fraction of sp³-hybridized carbons (Fsp3) is 0.714. The van der Waals surface area contributed by atoms with Crippen molar-refractivity contribution in [1.29, 1.82) is 0 Å². The lowest BCUT2D eigenvalue weighted by atomic mass is 10.2. The number of hydrogen-bond acceptors (Lipinski definition) is 2. The van der Waals surface area contributed by atoms with Gasteiger partial charge in [0.25, 0.3) is 0 Å². The molecule has 1 atom stereocenters. The largest absolute Gasteiger partial charge is 0.274 e. The zero-order chi connectivity index (χ0) is 6.53. The molecule has 1 unspecified atom stereocenters. The summed E-state index contributed by atoms with van der Waals surface area (Å²) in [5.74, 6) is 0. The first-order chi connectivity index (χ1) is 4.43. The van der Waals surface area contributed by atoms with E-state index < -0.39 is 0 Å². The highest BCUT2D eigenvalue weighted by Crippen LogP contribution is 2.07. The molecule has 0 aromatic rings. The van der Waals surface area contributed by atoms with E-state index in [0.717, 1.165) is 6.42 Å². The third-order valence-corrected chi connectivity index (χ3v) is 1.44. The Bertz CT molecular complexity index is 101. The summed E-state index contributed by atoms with van der Waals surface area (Å²) < 4.78 is 0. The smallest absolute Gasteiger partial charge is 0.105 e. The van der Waals surface area contributed by atoms with Crippen LogP contribution in [0.25, 0.3) is 0 Å². The molecule has 52 valence electrons. The van der Waals surface area contributed by atoms with Gasteiger partial charge in [0.2, 0.25) is 0 Å². The first kappa shape index (κ1) is 6.62. The van der Waals surface area contributed by atoms with Crippen molar-refractivity contribution >= 4 is 0 Å². The summed E-state index contributed by atoms with van der Waals surface area (Å²) in [7, 11) is 0. The maximum atomic E-state index is 5.09. The molecule has 1 aliphatic heterocycles. The van der Waals surface area contributed by atoms with E-state index in [1.54, 1.807) is 0 Å². The van der Waals surface area contributed by atoms with Gasteiger partial charge in [-0.1, -0.05) is 19.8 Å². The summed E-state index contributed by atoms with van der Waals surface area (Å²) in [6.07, 6.45) is 7.85. The molecule has 0 amide bonds. The summed E-state index contributed by atoms with van der Waals surface area (Å²) in [6, 6.07) is 0. The molecule has 0 aromatic heterocycles. The van der Waals surface area contributed by atoms with Crippen LogP contribution in [-0.4, -0.2) is 6.10 Å².